The summed E-state index contributed by atoms with van der Waals surface area (Å²) in [4.78, 5) is 16.2. The van der Waals surface area contributed by atoms with Gasteiger partial charge in [-0.2, -0.15) is 0 Å². The lowest BCUT2D eigenvalue weighted by Crippen LogP contribution is -2.13. The van der Waals surface area contributed by atoms with Crippen LogP contribution >= 0.6 is 15.9 Å². The summed E-state index contributed by atoms with van der Waals surface area (Å²) in [6, 6.07) is 15.0. The van der Waals surface area contributed by atoms with Gasteiger partial charge in [-0.15, -0.1) is 0 Å². The molecular weight excluding hydrogens is 387 g/mol. The number of nitrogens with one attached hydrogen (secondary N) is 1. The van der Waals surface area contributed by atoms with E-state index in [1.165, 1.54) is 12.1 Å². The van der Waals surface area contributed by atoms with Crippen molar-refractivity contribution < 1.29 is 13.9 Å². The van der Waals surface area contributed by atoms with E-state index in [9.17, 15) is 9.18 Å². The van der Waals surface area contributed by atoms with Crippen LogP contribution in [0.25, 0.3) is 0 Å². The molecule has 4 nitrogen and oxygen atoms in total. The molecule has 2 aromatic carbocycles. The lowest BCUT2D eigenvalue weighted by molar-refractivity contribution is 0.102. The van der Waals surface area contributed by atoms with Crippen molar-refractivity contribution in [2.45, 2.75) is 6.61 Å². The molecule has 1 N–H and O–H groups in total. The van der Waals surface area contributed by atoms with Crippen molar-refractivity contribution >= 4 is 27.5 Å². The van der Waals surface area contributed by atoms with Crippen LogP contribution in [0.15, 0.2) is 71.5 Å². The second kappa shape index (κ2) is 7.90. The number of aromatic nitrogens is 1. The number of pyridine rings is 1. The van der Waals surface area contributed by atoms with Crippen molar-refractivity contribution in [3.05, 3.63) is 88.4 Å². The monoisotopic (exact) mass is 400 g/mol. The first kappa shape index (κ1) is 17.1. The lowest BCUT2D eigenvalue weighted by Gasteiger charge is -2.10. The average Bonchev–Trinajstić information content (AvgIpc) is 2.61. The first-order valence-corrected chi connectivity index (χ1v) is 8.29. The molecule has 25 heavy (non-hydrogen) atoms. The molecule has 0 atom stereocenters. The van der Waals surface area contributed by atoms with Gasteiger partial charge in [-0.05, 0) is 36.4 Å². The predicted molar refractivity (Wildman–Crippen MR) is 97.1 cm³/mol. The van der Waals surface area contributed by atoms with E-state index in [1.807, 2.05) is 12.1 Å². The number of amides is 1. The lowest BCUT2D eigenvalue weighted by atomic mass is 10.2. The van der Waals surface area contributed by atoms with Gasteiger partial charge < -0.3 is 10.1 Å². The molecule has 126 valence electrons. The Hall–Kier alpha value is -2.73. The van der Waals surface area contributed by atoms with Gasteiger partial charge in [0.25, 0.3) is 5.91 Å². The highest BCUT2D eigenvalue weighted by Crippen LogP contribution is 2.21. The minimum Gasteiger partial charge on any atom is -0.489 e. The van der Waals surface area contributed by atoms with Gasteiger partial charge in [0.15, 0.2) is 0 Å². The first-order chi connectivity index (χ1) is 12.1. The van der Waals surface area contributed by atoms with Crippen LogP contribution in [0.2, 0.25) is 0 Å². The van der Waals surface area contributed by atoms with Gasteiger partial charge in [-0.25, -0.2) is 4.39 Å². The number of hydrogen-bond donors (Lipinski definition) is 1. The third kappa shape index (κ3) is 4.64. The highest BCUT2D eigenvalue weighted by atomic mass is 79.9. The van der Waals surface area contributed by atoms with Gasteiger partial charge in [0.2, 0.25) is 0 Å². The summed E-state index contributed by atoms with van der Waals surface area (Å²) in [6.07, 6.45) is 3.42. The molecule has 0 unspecified atom stereocenters. The van der Waals surface area contributed by atoms with E-state index in [-0.39, 0.29) is 5.56 Å². The van der Waals surface area contributed by atoms with E-state index in [0.29, 0.717) is 22.5 Å². The summed E-state index contributed by atoms with van der Waals surface area (Å²) in [5.74, 6) is -0.511. The molecule has 0 saturated carbocycles. The molecule has 0 bridgehead atoms. The van der Waals surface area contributed by atoms with Gasteiger partial charge in [0, 0.05) is 34.2 Å². The number of carbonyl (C=O) groups is 1. The standard InChI is InChI=1S/C19H14BrFN2O2/c20-14-6-7-17(18(21)9-14)19(24)23-15-4-1-5-16(10-15)25-12-13-3-2-8-22-11-13/h1-11H,12H2,(H,23,24). The zero-order valence-electron chi connectivity index (χ0n) is 13.1. The third-order valence-corrected chi connectivity index (χ3v) is 3.89. The number of benzene rings is 2. The minimum absolute atomic E-state index is 0.0233. The van der Waals surface area contributed by atoms with E-state index < -0.39 is 11.7 Å². The summed E-state index contributed by atoms with van der Waals surface area (Å²) < 4.78 is 20.1. The Morgan fingerprint density at radius 2 is 2.04 bits per heavy atom. The van der Waals surface area contributed by atoms with Crippen LogP contribution in [-0.4, -0.2) is 10.9 Å². The number of carbonyl (C=O) groups excluding carboxylic acids is 1. The number of halogens is 2. The van der Waals surface area contributed by atoms with Gasteiger partial charge in [-0.1, -0.05) is 28.1 Å². The van der Waals surface area contributed by atoms with Crippen molar-refractivity contribution in [1.29, 1.82) is 0 Å². The summed E-state index contributed by atoms with van der Waals surface area (Å²) in [6.45, 7) is 0.368. The summed E-state index contributed by atoms with van der Waals surface area (Å²) in [5.41, 5.74) is 1.44. The second-order valence-electron chi connectivity index (χ2n) is 5.26. The van der Waals surface area contributed by atoms with E-state index in [1.54, 1.807) is 42.7 Å². The van der Waals surface area contributed by atoms with Gasteiger partial charge in [0.1, 0.15) is 18.2 Å². The maximum Gasteiger partial charge on any atom is 0.258 e. The molecule has 3 rings (SSSR count). The molecule has 1 amide bonds. The highest BCUT2D eigenvalue weighted by Gasteiger charge is 2.12. The Bertz CT molecular complexity index is 888. The highest BCUT2D eigenvalue weighted by molar-refractivity contribution is 9.10. The summed E-state index contributed by atoms with van der Waals surface area (Å²) in [7, 11) is 0. The molecule has 0 aliphatic heterocycles. The van der Waals surface area contributed by atoms with Crippen LogP contribution in [0.3, 0.4) is 0 Å². The zero-order chi connectivity index (χ0) is 17.6. The molecule has 3 aromatic rings. The van der Waals surface area contributed by atoms with E-state index in [0.717, 1.165) is 5.56 Å². The molecular formula is C19H14BrFN2O2. The van der Waals surface area contributed by atoms with Crippen LogP contribution in [-0.2, 0) is 6.61 Å². The zero-order valence-corrected chi connectivity index (χ0v) is 14.7. The fraction of sp³-hybridized carbons (Fsp3) is 0.0526. The third-order valence-electron chi connectivity index (χ3n) is 3.40. The smallest absolute Gasteiger partial charge is 0.258 e. The molecule has 6 heteroatoms. The maximum atomic E-state index is 13.9. The minimum atomic E-state index is -0.587. The molecule has 0 aliphatic carbocycles. The van der Waals surface area contributed by atoms with Gasteiger partial charge in [0.05, 0.1) is 5.56 Å². The first-order valence-electron chi connectivity index (χ1n) is 7.50. The Morgan fingerprint density at radius 1 is 1.16 bits per heavy atom. The molecule has 1 aromatic heterocycles. The van der Waals surface area contributed by atoms with Crippen molar-refractivity contribution in [3.63, 3.8) is 0 Å². The number of hydrogen-bond acceptors (Lipinski definition) is 3. The summed E-state index contributed by atoms with van der Waals surface area (Å²) in [5, 5.41) is 2.67. The number of anilines is 1. The molecule has 0 aliphatic rings. The van der Waals surface area contributed by atoms with Crippen LogP contribution < -0.4 is 10.1 Å². The van der Waals surface area contributed by atoms with Crippen LogP contribution in [0, 0.1) is 5.82 Å². The largest absolute Gasteiger partial charge is 0.489 e. The average molecular weight is 401 g/mol. The van der Waals surface area contributed by atoms with Crippen molar-refractivity contribution in [2.75, 3.05) is 5.32 Å². The molecule has 1 heterocycles. The van der Waals surface area contributed by atoms with Crippen molar-refractivity contribution in [1.82, 2.24) is 4.98 Å². The quantitative estimate of drug-likeness (QED) is 0.668. The van der Waals surface area contributed by atoms with Crippen molar-refractivity contribution in [2.24, 2.45) is 0 Å². The molecule has 0 saturated heterocycles. The van der Waals surface area contributed by atoms with Crippen molar-refractivity contribution in [3.8, 4) is 5.75 Å². The van der Waals surface area contributed by atoms with E-state index in [2.05, 4.69) is 26.2 Å². The normalized spacial score (nSPS) is 10.3. The Balaban J connectivity index is 1.68. The van der Waals surface area contributed by atoms with E-state index >= 15 is 0 Å². The number of ether oxygens (including phenoxy) is 1. The Labute approximate surface area is 152 Å². The van der Waals surface area contributed by atoms with Gasteiger partial charge >= 0.3 is 0 Å². The topological polar surface area (TPSA) is 51.2 Å². The predicted octanol–water partition coefficient (Wildman–Crippen LogP) is 4.81. The summed E-state index contributed by atoms with van der Waals surface area (Å²) >= 11 is 3.17. The van der Waals surface area contributed by atoms with Crippen LogP contribution in [0.5, 0.6) is 5.75 Å². The van der Waals surface area contributed by atoms with Crippen LogP contribution in [0.1, 0.15) is 15.9 Å². The fourth-order valence-electron chi connectivity index (χ4n) is 2.19. The molecule has 0 radical (unpaired) electrons. The SMILES string of the molecule is O=C(Nc1cccc(OCc2cccnc2)c1)c1ccc(Br)cc1F. The van der Waals surface area contributed by atoms with Crippen LogP contribution in [0.4, 0.5) is 10.1 Å². The maximum absolute atomic E-state index is 13.9. The fourth-order valence-corrected chi connectivity index (χ4v) is 2.52. The van der Waals surface area contributed by atoms with Gasteiger partial charge in [-0.3, -0.25) is 9.78 Å². The number of nitrogens with zero attached hydrogens (tertiary/aromatic N) is 1. The molecule has 0 fully saturated rings. The molecule has 0 spiro atoms. The second-order valence-corrected chi connectivity index (χ2v) is 6.17. The Kier molecular flexibility index (Phi) is 5.40. The Morgan fingerprint density at radius 3 is 2.80 bits per heavy atom. The van der Waals surface area contributed by atoms with E-state index in [4.69, 9.17) is 4.74 Å². The number of rotatable bonds is 5.